The van der Waals surface area contributed by atoms with Gasteiger partial charge >= 0.3 is 0 Å². The van der Waals surface area contributed by atoms with Gasteiger partial charge in [0.2, 0.25) is 5.91 Å². The van der Waals surface area contributed by atoms with Crippen molar-refractivity contribution in [2.75, 3.05) is 42.9 Å². The van der Waals surface area contributed by atoms with Crippen LogP contribution in [0.1, 0.15) is 18.5 Å². The first-order valence-corrected chi connectivity index (χ1v) is 9.45. The minimum absolute atomic E-state index is 0.0182. The molecule has 25 heavy (non-hydrogen) atoms. The van der Waals surface area contributed by atoms with Crippen LogP contribution >= 0.6 is 11.3 Å². The van der Waals surface area contributed by atoms with Crippen molar-refractivity contribution in [3.63, 3.8) is 0 Å². The van der Waals surface area contributed by atoms with Gasteiger partial charge in [0, 0.05) is 50.7 Å². The molecule has 8 heteroatoms. The lowest BCUT2D eigenvalue weighted by atomic mass is 10.3. The Balaban J connectivity index is 1.45. The minimum Gasteiger partial charge on any atom is -0.354 e. The van der Waals surface area contributed by atoms with E-state index in [0.29, 0.717) is 24.5 Å². The molecule has 7 nitrogen and oxygen atoms in total. The van der Waals surface area contributed by atoms with Crippen molar-refractivity contribution in [1.82, 2.24) is 14.9 Å². The van der Waals surface area contributed by atoms with Gasteiger partial charge in [-0.3, -0.25) is 9.69 Å². The summed E-state index contributed by atoms with van der Waals surface area (Å²) in [7, 11) is 0. The molecule has 134 valence electrons. The third-order valence-corrected chi connectivity index (χ3v) is 4.94. The number of pyridine rings is 1. The quantitative estimate of drug-likeness (QED) is 0.779. The van der Waals surface area contributed by atoms with Gasteiger partial charge in [0.15, 0.2) is 5.13 Å². The number of nitrogens with zero attached hydrogens (tertiary/aromatic N) is 4. The van der Waals surface area contributed by atoms with Crippen LogP contribution in [-0.2, 0) is 11.3 Å². The fourth-order valence-corrected chi connectivity index (χ4v) is 3.50. The molecule has 1 amide bonds. The summed E-state index contributed by atoms with van der Waals surface area (Å²) in [6.45, 7) is 5.22. The summed E-state index contributed by atoms with van der Waals surface area (Å²) < 4.78 is 0. The summed E-state index contributed by atoms with van der Waals surface area (Å²) in [5.74, 6) is 1.02. The van der Waals surface area contributed by atoms with E-state index in [2.05, 4.69) is 31.2 Å². The minimum atomic E-state index is -0.0182. The Hall–Kier alpha value is -2.03. The highest BCUT2D eigenvalue weighted by atomic mass is 32.1. The molecule has 0 atom stereocenters. The van der Waals surface area contributed by atoms with Gasteiger partial charge in [-0.25, -0.2) is 9.97 Å². The maximum absolute atomic E-state index is 11.7. The Morgan fingerprint density at radius 1 is 1.28 bits per heavy atom. The number of hydrogen-bond donors (Lipinski definition) is 2. The second-order valence-corrected chi connectivity index (χ2v) is 6.89. The van der Waals surface area contributed by atoms with E-state index in [-0.39, 0.29) is 5.91 Å². The van der Waals surface area contributed by atoms with E-state index in [1.165, 1.54) is 11.3 Å². The van der Waals surface area contributed by atoms with Crippen LogP contribution in [0.25, 0.3) is 0 Å². The highest BCUT2D eigenvalue weighted by Gasteiger charge is 2.18. The molecule has 3 N–H and O–H groups in total. The zero-order valence-corrected chi connectivity index (χ0v) is 15.0. The molecule has 0 aliphatic carbocycles. The lowest BCUT2D eigenvalue weighted by Crippen LogP contribution is -2.46. The second-order valence-electron chi connectivity index (χ2n) is 6.04. The highest BCUT2D eigenvalue weighted by Crippen LogP contribution is 2.19. The molecule has 0 spiro atoms. The maximum atomic E-state index is 11.7. The number of hydrogen-bond acceptors (Lipinski definition) is 7. The summed E-state index contributed by atoms with van der Waals surface area (Å²) in [6, 6.07) is 6.01. The number of aromatic nitrogens is 2. The maximum Gasteiger partial charge on any atom is 0.226 e. The van der Waals surface area contributed by atoms with Crippen LogP contribution < -0.4 is 16.0 Å². The SMILES string of the molecule is NCCCC(=O)Nc1nc(CN2CCN(c3ccccn3)CC2)cs1. The van der Waals surface area contributed by atoms with Crippen LogP contribution in [0.3, 0.4) is 0 Å². The van der Waals surface area contributed by atoms with Crippen molar-refractivity contribution in [1.29, 1.82) is 0 Å². The van der Waals surface area contributed by atoms with Crippen molar-refractivity contribution in [3.05, 3.63) is 35.5 Å². The number of carbonyl (C=O) groups is 1. The molecule has 0 radical (unpaired) electrons. The average Bonchev–Trinajstić information content (AvgIpc) is 3.08. The Morgan fingerprint density at radius 2 is 2.12 bits per heavy atom. The largest absolute Gasteiger partial charge is 0.354 e. The number of anilines is 2. The molecule has 3 heterocycles. The number of amides is 1. The lowest BCUT2D eigenvalue weighted by molar-refractivity contribution is -0.116. The van der Waals surface area contributed by atoms with Crippen LogP contribution in [0.2, 0.25) is 0 Å². The lowest BCUT2D eigenvalue weighted by Gasteiger charge is -2.35. The summed E-state index contributed by atoms with van der Waals surface area (Å²) in [5, 5.41) is 5.53. The fraction of sp³-hybridized carbons (Fsp3) is 0.471. The third kappa shape index (κ3) is 5.22. The van der Waals surface area contributed by atoms with Crippen molar-refractivity contribution in [3.8, 4) is 0 Å². The summed E-state index contributed by atoms with van der Waals surface area (Å²) in [4.78, 5) is 25.3. The van der Waals surface area contributed by atoms with E-state index in [4.69, 9.17) is 5.73 Å². The van der Waals surface area contributed by atoms with E-state index >= 15 is 0 Å². The molecule has 0 unspecified atom stereocenters. The van der Waals surface area contributed by atoms with Gasteiger partial charge in [-0.1, -0.05) is 6.07 Å². The highest BCUT2D eigenvalue weighted by molar-refractivity contribution is 7.13. The molecule has 2 aromatic rings. The molecule has 1 saturated heterocycles. The molecule has 1 fully saturated rings. The van der Waals surface area contributed by atoms with Crippen LogP contribution in [0, 0.1) is 0 Å². The monoisotopic (exact) mass is 360 g/mol. The van der Waals surface area contributed by atoms with Crippen molar-refractivity contribution >= 4 is 28.2 Å². The standard InChI is InChI=1S/C17H24N6OS/c18-6-3-5-16(24)21-17-20-14(13-25-17)12-22-8-10-23(11-9-22)15-4-1-2-7-19-15/h1-2,4,7,13H,3,5-6,8-12,18H2,(H,20,21,24). The Morgan fingerprint density at radius 3 is 2.84 bits per heavy atom. The zero-order chi connectivity index (χ0) is 17.5. The first kappa shape index (κ1) is 17.8. The number of piperazine rings is 1. The number of rotatable bonds is 7. The molecule has 2 aromatic heterocycles. The molecule has 3 rings (SSSR count). The molecular weight excluding hydrogens is 336 g/mol. The van der Waals surface area contributed by atoms with Crippen LogP contribution in [-0.4, -0.2) is 53.5 Å². The average molecular weight is 360 g/mol. The molecule has 1 aliphatic heterocycles. The first-order chi connectivity index (χ1) is 12.2. The van der Waals surface area contributed by atoms with Crippen molar-refractivity contribution < 1.29 is 4.79 Å². The molecule has 0 saturated carbocycles. The smallest absolute Gasteiger partial charge is 0.226 e. The van der Waals surface area contributed by atoms with Crippen LogP contribution in [0.4, 0.5) is 10.9 Å². The predicted molar refractivity (Wildman–Crippen MR) is 101 cm³/mol. The van der Waals surface area contributed by atoms with E-state index < -0.39 is 0 Å². The van der Waals surface area contributed by atoms with Gasteiger partial charge in [0.1, 0.15) is 5.82 Å². The van der Waals surface area contributed by atoms with Gasteiger partial charge in [-0.15, -0.1) is 11.3 Å². The van der Waals surface area contributed by atoms with Crippen molar-refractivity contribution in [2.24, 2.45) is 5.73 Å². The number of carbonyl (C=O) groups excluding carboxylic acids is 1. The van der Waals surface area contributed by atoms with Gasteiger partial charge in [0.25, 0.3) is 0 Å². The zero-order valence-electron chi connectivity index (χ0n) is 14.2. The normalized spacial score (nSPS) is 15.3. The first-order valence-electron chi connectivity index (χ1n) is 8.57. The van der Waals surface area contributed by atoms with E-state index in [9.17, 15) is 4.79 Å². The van der Waals surface area contributed by atoms with Gasteiger partial charge in [0.05, 0.1) is 5.69 Å². The number of thiazole rings is 1. The second kappa shape index (κ2) is 8.89. The topological polar surface area (TPSA) is 87.4 Å². The van der Waals surface area contributed by atoms with Gasteiger partial charge in [-0.05, 0) is 25.1 Å². The fourth-order valence-electron chi connectivity index (χ4n) is 2.79. The number of nitrogens with one attached hydrogen (secondary N) is 1. The Kier molecular flexibility index (Phi) is 6.32. The molecule has 0 bridgehead atoms. The molecule has 0 aromatic carbocycles. The van der Waals surface area contributed by atoms with Crippen LogP contribution in [0.5, 0.6) is 0 Å². The summed E-state index contributed by atoms with van der Waals surface area (Å²) in [6.07, 6.45) is 2.98. The summed E-state index contributed by atoms with van der Waals surface area (Å²) >= 11 is 1.48. The predicted octanol–water partition coefficient (Wildman–Crippen LogP) is 1.54. The number of nitrogens with two attached hydrogens (primary N) is 1. The van der Waals surface area contributed by atoms with E-state index in [0.717, 1.165) is 44.2 Å². The molecule has 1 aliphatic rings. The van der Waals surface area contributed by atoms with Gasteiger partial charge < -0.3 is 16.0 Å². The van der Waals surface area contributed by atoms with E-state index in [1.54, 1.807) is 0 Å². The van der Waals surface area contributed by atoms with Crippen molar-refractivity contribution in [2.45, 2.75) is 19.4 Å². The summed E-state index contributed by atoms with van der Waals surface area (Å²) in [5.41, 5.74) is 6.42. The Bertz CT molecular complexity index is 669. The van der Waals surface area contributed by atoms with Crippen LogP contribution in [0.15, 0.2) is 29.8 Å². The van der Waals surface area contributed by atoms with E-state index in [1.807, 2.05) is 23.7 Å². The molecular formula is C17H24N6OS. The third-order valence-electron chi connectivity index (χ3n) is 4.14. The van der Waals surface area contributed by atoms with Gasteiger partial charge in [-0.2, -0.15) is 0 Å². The Labute approximate surface area is 151 Å².